The summed E-state index contributed by atoms with van der Waals surface area (Å²) in [5.41, 5.74) is 1.44. The molecule has 1 heteroatoms. The van der Waals surface area contributed by atoms with Crippen LogP contribution in [0.2, 0.25) is 0 Å². The standard InChI is InChI=1S/C14H22O/c1-2-12-6-4-7-13(12)9-11-5-3-8-14(15)10-11/h10,12-13H,2-9H2,1H3/t12-,13-/m0/s1. The van der Waals surface area contributed by atoms with Crippen molar-refractivity contribution in [1.82, 2.24) is 0 Å². The number of hydrogen-bond acceptors (Lipinski definition) is 1. The van der Waals surface area contributed by atoms with E-state index in [4.69, 9.17) is 0 Å². The Labute approximate surface area is 92.9 Å². The number of rotatable bonds is 3. The lowest BCUT2D eigenvalue weighted by Gasteiger charge is -2.21. The molecule has 0 aromatic rings. The summed E-state index contributed by atoms with van der Waals surface area (Å²) in [5.74, 6) is 2.18. The van der Waals surface area contributed by atoms with Gasteiger partial charge in [-0.1, -0.05) is 31.8 Å². The molecule has 0 heterocycles. The maximum atomic E-state index is 11.3. The summed E-state index contributed by atoms with van der Waals surface area (Å²) in [6.07, 6.45) is 11.7. The third-order valence-electron chi connectivity index (χ3n) is 4.15. The minimum atomic E-state index is 0.363. The van der Waals surface area contributed by atoms with Crippen molar-refractivity contribution in [1.29, 1.82) is 0 Å². The normalized spacial score (nSPS) is 31.8. The fourth-order valence-electron chi connectivity index (χ4n) is 3.28. The van der Waals surface area contributed by atoms with Crippen molar-refractivity contribution < 1.29 is 4.79 Å². The van der Waals surface area contributed by atoms with E-state index in [2.05, 4.69) is 6.92 Å². The van der Waals surface area contributed by atoms with Gasteiger partial charge in [0.05, 0.1) is 0 Å². The molecule has 2 atom stereocenters. The number of carbonyl (C=O) groups excluding carboxylic acids is 1. The lowest BCUT2D eigenvalue weighted by molar-refractivity contribution is -0.115. The van der Waals surface area contributed by atoms with Crippen LogP contribution in [0.1, 0.15) is 58.3 Å². The summed E-state index contributed by atoms with van der Waals surface area (Å²) in [7, 11) is 0. The lowest BCUT2D eigenvalue weighted by atomic mass is 9.84. The molecule has 0 bridgehead atoms. The minimum absolute atomic E-state index is 0.363. The predicted molar refractivity (Wildman–Crippen MR) is 62.7 cm³/mol. The highest BCUT2D eigenvalue weighted by Gasteiger charge is 2.26. The van der Waals surface area contributed by atoms with E-state index in [0.29, 0.717) is 5.78 Å². The Balaban J connectivity index is 1.93. The molecule has 84 valence electrons. The largest absolute Gasteiger partial charge is 0.295 e. The molecule has 0 spiro atoms. The molecule has 0 aliphatic heterocycles. The molecule has 1 nitrogen and oxygen atoms in total. The average Bonchev–Trinajstić information content (AvgIpc) is 2.65. The van der Waals surface area contributed by atoms with Gasteiger partial charge in [0, 0.05) is 6.42 Å². The summed E-state index contributed by atoms with van der Waals surface area (Å²) in [6.45, 7) is 2.31. The van der Waals surface area contributed by atoms with Gasteiger partial charge in [0.1, 0.15) is 0 Å². The first-order valence-electron chi connectivity index (χ1n) is 6.52. The van der Waals surface area contributed by atoms with E-state index >= 15 is 0 Å². The van der Waals surface area contributed by atoms with Crippen LogP contribution in [0.15, 0.2) is 11.6 Å². The first-order chi connectivity index (χ1) is 7.29. The van der Waals surface area contributed by atoms with E-state index in [-0.39, 0.29) is 0 Å². The van der Waals surface area contributed by atoms with Gasteiger partial charge in [0.15, 0.2) is 5.78 Å². The molecular weight excluding hydrogens is 184 g/mol. The summed E-state index contributed by atoms with van der Waals surface area (Å²) >= 11 is 0. The van der Waals surface area contributed by atoms with Crippen molar-refractivity contribution >= 4 is 5.78 Å². The second-order valence-corrected chi connectivity index (χ2v) is 5.19. The van der Waals surface area contributed by atoms with Crippen LogP contribution in [0.5, 0.6) is 0 Å². The molecule has 2 rings (SSSR count). The summed E-state index contributed by atoms with van der Waals surface area (Å²) in [5, 5.41) is 0. The molecule has 1 fully saturated rings. The van der Waals surface area contributed by atoms with Crippen molar-refractivity contribution in [2.24, 2.45) is 11.8 Å². The van der Waals surface area contributed by atoms with E-state index in [9.17, 15) is 4.79 Å². The maximum Gasteiger partial charge on any atom is 0.155 e. The van der Waals surface area contributed by atoms with E-state index < -0.39 is 0 Å². The smallest absolute Gasteiger partial charge is 0.155 e. The Morgan fingerprint density at radius 2 is 2.00 bits per heavy atom. The molecule has 2 aliphatic rings. The maximum absolute atomic E-state index is 11.3. The zero-order chi connectivity index (χ0) is 10.7. The quantitative estimate of drug-likeness (QED) is 0.685. The molecule has 0 unspecified atom stereocenters. The van der Waals surface area contributed by atoms with Gasteiger partial charge in [0.25, 0.3) is 0 Å². The molecule has 0 aromatic heterocycles. The van der Waals surface area contributed by atoms with Gasteiger partial charge in [-0.3, -0.25) is 4.79 Å². The molecule has 2 aliphatic carbocycles. The molecule has 0 aromatic carbocycles. The number of allylic oxidation sites excluding steroid dienone is 2. The summed E-state index contributed by atoms with van der Waals surface area (Å²) in [4.78, 5) is 11.3. The molecular formula is C14H22O. The fourth-order valence-corrected chi connectivity index (χ4v) is 3.28. The molecule has 1 saturated carbocycles. The van der Waals surface area contributed by atoms with Crippen LogP contribution in [-0.2, 0) is 4.79 Å². The van der Waals surface area contributed by atoms with Gasteiger partial charge in [-0.15, -0.1) is 0 Å². The number of ketones is 1. The van der Waals surface area contributed by atoms with Crippen molar-refractivity contribution in [3.8, 4) is 0 Å². The number of carbonyl (C=O) groups is 1. The van der Waals surface area contributed by atoms with Crippen LogP contribution < -0.4 is 0 Å². The Kier molecular flexibility index (Phi) is 3.61. The zero-order valence-electron chi connectivity index (χ0n) is 9.80. The van der Waals surface area contributed by atoms with E-state index in [0.717, 1.165) is 24.7 Å². The molecule has 0 saturated heterocycles. The van der Waals surface area contributed by atoms with Crippen molar-refractivity contribution in [3.05, 3.63) is 11.6 Å². The van der Waals surface area contributed by atoms with Crippen LogP contribution in [-0.4, -0.2) is 5.78 Å². The highest BCUT2D eigenvalue weighted by atomic mass is 16.1. The SMILES string of the molecule is CC[C@H]1CCC[C@H]1CC1=CC(=O)CCC1. The minimum Gasteiger partial charge on any atom is -0.295 e. The van der Waals surface area contributed by atoms with Gasteiger partial charge in [-0.05, 0) is 43.6 Å². The fraction of sp³-hybridized carbons (Fsp3) is 0.786. The summed E-state index contributed by atoms with van der Waals surface area (Å²) in [6, 6.07) is 0. The Morgan fingerprint density at radius 1 is 1.20 bits per heavy atom. The molecule has 0 N–H and O–H groups in total. The van der Waals surface area contributed by atoms with Gasteiger partial charge in [-0.25, -0.2) is 0 Å². The molecule has 15 heavy (non-hydrogen) atoms. The van der Waals surface area contributed by atoms with E-state index in [1.807, 2.05) is 6.08 Å². The first-order valence-corrected chi connectivity index (χ1v) is 6.52. The second kappa shape index (κ2) is 4.96. The Hall–Kier alpha value is -0.590. The Morgan fingerprint density at radius 3 is 2.73 bits per heavy atom. The van der Waals surface area contributed by atoms with Crippen molar-refractivity contribution in [2.75, 3.05) is 0 Å². The highest BCUT2D eigenvalue weighted by Crippen LogP contribution is 2.39. The summed E-state index contributed by atoms with van der Waals surface area (Å²) < 4.78 is 0. The Bertz CT molecular complexity index is 265. The van der Waals surface area contributed by atoms with Crippen LogP contribution in [0.4, 0.5) is 0 Å². The van der Waals surface area contributed by atoms with Gasteiger partial charge in [-0.2, -0.15) is 0 Å². The topological polar surface area (TPSA) is 17.1 Å². The van der Waals surface area contributed by atoms with Crippen molar-refractivity contribution in [2.45, 2.75) is 58.3 Å². The monoisotopic (exact) mass is 206 g/mol. The van der Waals surface area contributed by atoms with E-state index in [1.165, 1.54) is 44.1 Å². The zero-order valence-corrected chi connectivity index (χ0v) is 9.80. The molecule has 0 radical (unpaired) electrons. The van der Waals surface area contributed by atoms with Gasteiger partial charge >= 0.3 is 0 Å². The van der Waals surface area contributed by atoms with E-state index in [1.54, 1.807) is 0 Å². The first kappa shape index (κ1) is 10.9. The molecule has 0 amide bonds. The highest BCUT2D eigenvalue weighted by molar-refractivity contribution is 5.91. The van der Waals surface area contributed by atoms with Gasteiger partial charge < -0.3 is 0 Å². The second-order valence-electron chi connectivity index (χ2n) is 5.19. The predicted octanol–water partition coefficient (Wildman–Crippen LogP) is 3.88. The van der Waals surface area contributed by atoms with Crippen LogP contribution in [0, 0.1) is 11.8 Å². The van der Waals surface area contributed by atoms with Crippen LogP contribution >= 0.6 is 0 Å². The third-order valence-corrected chi connectivity index (χ3v) is 4.15. The lowest BCUT2D eigenvalue weighted by Crippen LogP contribution is -2.11. The van der Waals surface area contributed by atoms with Gasteiger partial charge in [0.2, 0.25) is 0 Å². The van der Waals surface area contributed by atoms with Crippen LogP contribution in [0.25, 0.3) is 0 Å². The average molecular weight is 206 g/mol. The van der Waals surface area contributed by atoms with Crippen LogP contribution in [0.3, 0.4) is 0 Å². The third kappa shape index (κ3) is 2.70. The number of hydrogen-bond donors (Lipinski definition) is 0. The van der Waals surface area contributed by atoms with Crippen molar-refractivity contribution in [3.63, 3.8) is 0 Å².